The number of carbonyl (C=O) groups excluding carboxylic acids is 1. The predicted octanol–water partition coefficient (Wildman–Crippen LogP) is 1.73. The summed E-state index contributed by atoms with van der Waals surface area (Å²) in [6, 6.07) is -0.400. The van der Waals surface area contributed by atoms with Gasteiger partial charge in [0.2, 0.25) is 5.91 Å². The Hall–Kier alpha value is -0.820. The Morgan fingerprint density at radius 1 is 1.25 bits per heavy atom. The lowest BCUT2D eigenvalue weighted by molar-refractivity contribution is -0.184. The molecule has 1 aliphatic carbocycles. The number of nitrogens with one attached hydrogen (secondary N) is 1. The van der Waals surface area contributed by atoms with E-state index >= 15 is 0 Å². The smallest absolute Gasteiger partial charge is 0.364 e. The lowest BCUT2D eigenvalue weighted by atomic mass is 9.85. The first-order valence-corrected chi connectivity index (χ1v) is 7.12. The van der Waals surface area contributed by atoms with Crippen molar-refractivity contribution in [3.63, 3.8) is 0 Å². The molecule has 0 spiro atoms. The molecule has 0 aromatic heterocycles. The van der Waals surface area contributed by atoms with E-state index in [2.05, 4.69) is 5.32 Å². The summed E-state index contributed by atoms with van der Waals surface area (Å²) in [6.07, 6.45) is -2.30. The monoisotopic (exact) mass is 294 g/mol. The molecule has 2 rings (SSSR count). The van der Waals surface area contributed by atoms with Gasteiger partial charge < -0.3 is 15.8 Å². The fraction of sp³-hybridized carbons (Fsp3) is 0.923. The SMILES string of the molecule is NCC1CCC(C(=O)NC2CCCC(C(F)(F)F)C2)O1. The molecule has 0 bridgehead atoms. The Morgan fingerprint density at radius 3 is 2.60 bits per heavy atom. The molecule has 0 radical (unpaired) electrons. The van der Waals surface area contributed by atoms with Gasteiger partial charge in [-0.2, -0.15) is 13.2 Å². The van der Waals surface area contributed by atoms with Crippen LogP contribution >= 0.6 is 0 Å². The summed E-state index contributed by atoms with van der Waals surface area (Å²) in [5.41, 5.74) is 5.46. The third-order valence-electron chi connectivity index (χ3n) is 4.15. The molecule has 4 unspecified atom stereocenters. The highest BCUT2D eigenvalue weighted by Crippen LogP contribution is 2.37. The third kappa shape index (κ3) is 3.85. The van der Waals surface area contributed by atoms with Crippen LogP contribution in [0.3, 0.4) is 0 Å². The number of nitrogens with two attached hydrogens (primary N) is 1. The summed E-state index contributed by atoms with van der Waals surface area (Å²) in [7, 11) is 0. The molecule has 1 amide bonds. The summed E-state index contributed by atoms with van der Waals surface area (Å²) in [5, 5.41) is 2.70. The van der Waals surface area contributed by atoms with Crippen molar-refractivity contribution in [3.8, 4) is 0 Å². The first-order valence-electron chi connectivity index (χ1n) is 7.12. The Balaban J connectivity index is 1.82. The maximum absolute atomic E-state index is 12.7. The molecule has 1 saturated carbocycles. The summed E-state index contributed by atoms with van der Waals surface area (Å²) >= 11 is 0. The van der Waals surface area contributed by atoms with Crippen molar-refractivity contribution in [3.05, 3.63) is 0 Å². The Bertz CT molecular complexity index is 349. The Labute approximate surface area is 116 Å². The van der Waals surface area contributed by atoms with E-state index in [0.29, 0.717) is 25.8 Å². The molecule has 4 atom stereocenters. The van der Waals surface area contributed by atoms with Crippen LogP contribution in [0.4, 0.5) is 13.2 Å². The molecule has 0 aromatic rings. The number of ether oxygens (including phenoxy) is 1. The average molecular weight is 294 g/mol. The van der Waals surface area contributed by atoms with Crippen molar-refractivity contribution >= 4 is 5.91 Å². The summed E-state index contributed by atoms with van der Waals surface area (Å²) < 4.78 is 43.5. The lowest BCUT2D eigenvalue weighted by Gasteiger charge is -2.31. The predicted molar refractivity (Wildman–Crippen MR) is 66.9 cm³/mol. The number of amides is 1. The summed E-state index contributed by atoms with van der Waals surface area (Å²) in [6.45, 7) is 0.364. The maximum Gasteiger partial charge on any atom is 0.391 e. The van der Waals surface area contributed by atoms with Crippen LogP contribution in [0.1, 0.15) is 38.5 Å². The highest BCUT2D eigenvalue weighted by atomic mass is 19.4. The van der Waals surface area contributed by atoms with E-state index in [-0.39, 0.29) is 24.9 Å². The van der Waals surface area contributed by atoms with E-state index in [1.807, 2.05) is 0 Å². The number of hydrogen-bond acceptors (Lipinski definition) is 3. The molecule has 2 fully saturated rings. The van der Waals surface area contributed by atoms with Crippen molar-refractivity contribution in [2.24, 2.45) is 11.7 Å². The lowest BCUT2D eigenvalue weighted by Crippen LogP contribution is -2.45. The van der Waals surface area contributed by atoms with Gasteiger partial charge in [-0.1, -0.05) is 6.42 Å². The first-order chi connectivity index (χ1) is 9.40. The normalized spacial score (nSPS) is 35.0. The number of hydrogen-bond donors (Lipinski definition) is 2. The van der Waals surface area contributed by atoms with Gasteiger partial charge in [0, 0.05) is 12.6 Å². The van der Waals surface area contributed by atoms with Crippen LogP contribution in [0.5, 0.6) is 0 Å². The van der Waals surface area contributed by atoms with Crippen LogP contribution < -0.4 is 11.1 Å². The van der Waals surface area contributed by atoms with Crippen molar-refractivity contribution in [1.82, 2.24) is 5.32 Å². The van der Waals surface area contributed by atoms with Gasteiger partial charge in [-0.25, -0.2) is 0 Å². The maximum atomic E-state index is 12.7. The van der Waals surface area contributed by atoms with E-state index in [4.69, 9.17) is 10.5 Å². The molecular formula is C13H21F3N2O2. The van der Waals surface area contributed by atoms with Crippen LogP contribution in [0.25, 0.3) is 0 Å². The number of rotatable bonds is 3. The molecule has 20 heavy (non-hydrogen) atoms. The van der Waals surface area contributed by atoms with E-state index in [1.54, 1.807) is 0 Å². The number of carbonyl (C=O) groups is 1. The van der Waals surface area contributed by atoms with Gasteiger partial charge in [0.25, 0.3) is 0 Å². The zero-order valence-corrected chi connectivity index (χ0v) is 11.3. The second-order valence-electron chi connectivity index (χ2n) is 5.67. The number of halogens is 3. The summed E-state index contributed by atoms with van der Waals surface area (Å²) in [5.74, 6) is -1.60. The van der Waals surface area contributed by atoms with Crippen LogP contribution in [-0.2, 0) is 9.53 Å². The highest BCUT2D eigenvalue weighted by molar-refractivity contribution is 5.81. The second-order valence-corrected chi connectivity index (χ2v) is 5.67. The fourth-order valence-electron chi connectivity index (χ4n) is 2.98. The summed E-state index contributed by atoms with van der Waals surface area (Å²) in [4.78, 5) is 12.0. The molecule has 1 heterocycles. The topological polar surface area (TPSA) is 64.4 Å². The van der Waals surface area contributed by atoms with Crippen LogP contribution in [0.15, 0.2) is 0 Å². The van der Waals surface area contributed by atoms with Gasteiger partial charge in [0.05, 0.1) is 12.0 Å². The van der Waals surface area contributed by atoms with E-state index in [0.717, 1.165) is 6.42 Å². The third-order valence-corrected chi connectivity index (χ3v) is 4.15. The molecule has 1 aliphatic heterocycles. The minimum atomic E-state index is -4.17. The zero-order valence-electron chi connectivity index (χ0n) is 11.3. The van der Waals surface area contributed by atoms with Gasteiger partial charge in [-0.05, 0) is 32.1 Å². The van der Waals surface area contributed by atoms with E-state index < -0.39 is 24.2 Å². The first kappa shape index (κ1) is 15.6. The van der Waals surface area contributed by atoms with Crippen molar-refractivity contribution in [2.75, 3.05) is 6.54 Å². The highest BCUT2D eigenvalue weighted by Gasteiger charge is 2.43. The fourth-order valence-corrected chi connectivity index (χ4v) is 2.98. The minimum Gasteiger partial charge on any atom is -0.364 e. The van der Waals surface area contributed by atoms with Gasteiger partial charge in [-0.3, -0.25) is 4.79 Å². The molecule has 1 saturated heterocycles. The van der Waals surface area contributed by atoms with Crippen LogP contribution in [-0.4, -0.2) is 36.9 Å². The Kier molecular flexibility index (Phi) is 4.90. The molecular weight excluding hydrogens is 273 g/mol. The Morgan fingerprint density at radius 2 is 2.00 bits per heavy atom. The minimum absolute atomic E-state index is 0.0255. The molecule has 3 N–H and O–H groups in total. The average Bonchev–Trinajstić information content (AvgIpc) is 2.87. The van der Waals surface area contributed by atoms with Gasteiger partial charge >= 0.3 is 6.18 Å². The molecule has 2 aliphatic rings. The molecule has 7 heteroatoms. The van der Waals surface area contributed by atoms with Crippen molar-refractivity contribution in [2.45, 2.75) is 63.0 Å². The van der Waals surface area contributed by atoms with Gasteiger partial charge in [0.1, 0.15) is 6.10 Å². The van der Waals surface area contributed by atoms with E-state index in [9.17, 15) is 18.0 Å². The van der Waals surface area contributed by atoms with Crippen molar-refractivity contribution < 1.29 is 22.7 Å². The van der Waals surface area contributed by atoms with Crippen molar-refractivity contribution in [1.29, 1.82) is 0 Å². The molecule has 0 aromatic carbocycles. The van der Waals surface area contributed by atoms with Gasteiger partial charge in [-0.15, -0.1) is 0 Å². The van der Waals surface area contributed by atoms with Crippen LogP contribution in [0.2, 0.25) is 0 Å². The van der Waals surface area contributed by atoms with Crippen LogP contribution in [0, 0.1) is 5.92 Å². The zero-order chi connectivity index (χ0) is 14.8. The van der Waals surface area contributed by atoms with E-state index in [1.165, 1.54) is 0 Å². The van der Waals surface area contributed by atoms with Gasteiger partial charge in [0.15, 0.2) is 0 Å². The largest absolute Gasteiger partial charge is 0.391 e. The quantitative estimate of drug-likeness (QED) is 0.833. The molecule has 116 valence electrons. The second kappa shape index (κ2) is 6.30. The molecule has 4 nitrogen and oxygen atoms in total. The standard InChI is InChI=1S/C13H21F3N2O2/c14-13(15,16)8-2-1-3-9(6-8)18-12(19)11-5-4-10(7-17)20-11/h8-11H,1-7,17H2,(H,18,19). The number of alkyl halides is 3.